The molecule has 19 heavy (non-hydrogen) atoms. The van der Waals surface area contributed by atoms with Gasteiger partial charge in [0.2, 0.25) is 5.24 Å². The van der Waals surface area contributed by atoms with Crippen molar-refractivity contribution in [2.24, 2.45) is 23.2 Å². The molecule has 0 spiro atoms. The van der Waals surface area contributed by atoms with Crippen LogP contribution < -0.4 is 0 Å². The van der Waals surface area contributed by atoms with Gasteiger partial charge in [-0.1, -0.05) is 26.2 Å². The van der Waals surface area contributed by atoms with Crippen LogP contribution in [0.15, 0.2) is 0 Å². The molecule has 2 saturated carbocycles. The van der Waals surface area contributed by atoms with E-state index in [-0.39, 0.29) is 11.7 Å². The Balaban J connectivity index is 1.98. The monoisotopic (exact) mass is 281 g/mol. The van der Waals surface area contributed by atoms with Gasteiger partial charge >= 0.3 is 0 Å². The zero-order valence-electron chi connectivity index (χ0n) is 11.8. The van der Waals surface area contributed by atoms with E-state index in [1.165, 1.54) is 32.1 Å². The summed E-state index contributed by atoms with van der Waals surface area (Å²) in [6.07, 6.45) is 9.65. The van der Waals surface area contributed by atoms with Crippen LogP contribution in [0.5, 0.6) is 0 Å². The molecule has 0 amide bonds. The quantitative estimate of drug-likeness (QED) is 0.703. The minimum absolute atomic E-state index is 0.243. The largest absolute Gasteiger partial charge is 0.281 e. The van der Waals surface area contributed by atoms with Crippen molar-refractivity contribution in [1.82, 2.24) is 0 Å². The van der Waals surface area contributed by atoms with Gasteiger partial charge in [0.1, 0.15) is 0 Å². The molecule has 2 aliphatic carbocycles. The molecule has 3 heteroatoms. The summed E-state index contributed by atoms with van der Waals surface area (Å²) >= 11 is 5.53. The van der Waals surface area contributed by atoms with E-state index in [0.717, 1.165) is 31.1 Å². The van der Waals surface area contributed by atoms with E-state index < -0.39 is 5.41 Å². The normalized spacial score (nSPS) is 38.3. The fourth-order valence-electron chi connectivity index (χ4n) is 4.35. The van der Waals surface area contributed by atoms with E-state index in [0.29, 0.717) is 5.92 Å². The van der Waals surface area contributed by atoms with Gasteiger partial charge in [-0.25, -0.2) is 0 Å². The number of carbonyl (C=O) groups is 1. The summed E-state index contributed by atoms with van der Waals surface area (Å²) in [6, 6.07) is 2.41. The third kappa shape index (κ3) is 3.51. The van der Waals surface area contributed by atoms with Crippen LogP contribution in [-0.4, -0.2) is 5.24 Å². The third-order valence-electron chi connectivity index (χ3n) is 5.31. The lowest BCUT2D eigenvalue weighted by Gasteiger charge is -2.45. The lowest BCUT2D eigenvalue weighted by Crippen LogP contribution is -2.37. The topological polar surface area (TPSA) is 40.9 Å². The highest BCUT2D eigenvalue weighted by Gasteiger charge is 2.44. The second kappa shape index (κ2) is 6.27. The summed E-state index contributed by atoms with van der Waals surface area (Å²) in [5, 5.41) is 9.11. The number of carbonyl (C=O) groups excluding carboxylic acids is 1. The Morgan fingerprint density at radius 1 is 1.37 bits per heavy atom. The van der Waals surface area contributed by atoms with Crippen molar-refractivity contribution in [2.75, 3.05) is 0 Å². The minimum atomic E-state index is -0.461. The maximum absolute atomic E-state index is 11.2. The molecule has 0 N–H and O–H groups in total. The summed E-state index contributed by atoms with van der Waals surface area (Å²) in [4.78, 5) is 11.2. The fourth-order valence-corrected chi connectivity index (χ4v) is 4.61. The van der Waals surface area contributed by atoms with Gasteiger partial charge in [0.25, 0.3) is 0 Å². The molecule has 0 saturated heterocycles. The summed E-state index contributed by atoms with van der Waals surface area (Å²) in [7, 11) is 0. The first kappa shape index (κ1) is 14.9. The molecule has 0 radical (unpaired) electrons. The lowest BCUT2D eigenvalue weighted by atomic mass is 9.59. The first-order chi connectivity index (χ1) is 9.08. The minimum Gasteiger partial charge on any atom is -0.281 e. The molecule has 2 rings (SSSR count). The van der Waals surface area contributed by atoms with Gasteiger partial charge in [-0.2, -0.15) is 5.26 Å². The van der Waals surface area contributed by atoms with Crippen LogP contribution in [0.3, 0.4) is 0 Å². The highest BCUT2D eigenvalue weighted by atomic mass is 35.5. The lowest BCUT2D eigenvalue weighted by molar-refractivity contribution is -0.114. The molecule has 0 bridgehead atoms. The maximum atomic E-state index is 11.2. The van der Waals surface area contributed by atoms with Gasteiger partial charge < -0.3 is 0 Å². The second-order valence-corrected chi connectivity index (χ2v) is 7.08. The van der Waals surface area contributed by atoms with Crippen molar-refractivity contribution in [2.45, 2.75) is 64.7 Å². The van der Waals surface area contributed by atoms with Crippen LogP contribution in [0, 0.1) is 34.5 Å². The first-order valence-corrected chi connectivity index (χ1v) is 8.06. The smallest absolute Gasteiger partial charge is 0.223 e. The van der Waals surface area contributed by atoms with Gasteiger partial charge in [-0.3, -0.25) is 4.79 Å². The van der Waals surface area contributed by atoms with Gasteiger partial charge in [-0.05, 0) is 61.5 Å². The number of fused-ring (bicyclic) bond motifs is 1. The Morgan fingerprint density at radius 2 is 2.16 bits per heavy atom. The Labute approximate surface area is 121 Å². The highest BCUT2D eigenvalue weighted by molar-refractivity contribution is 6.63. The van der Waals surface area contributed by atoms with Crippen molar-refractivity contribution < 1.29 is 4.79 Å². The predicted octanol–water partition coefficient (Wildman–Crippen LogP) is 4.67. The van der Waals surface area contributed by atoms with Crippen molar-refractivity contribution >= 4 is 16.8 Å². The van der Waals surface area contributed by atoms with E-state index in [1.807, 2.05) is 0 Å². The number of rotatable bonds is 4. The van der Waals surface area contributed by atoms with Gasteiger partial charge in [0.15, 0.2) is 0 Å². The van der Waals surface area contributed by atoms with Crippen LogP contribution in [0.4, 0.5) is 0 Å². The number of nitriles is 1. The molecule has 4 atom stereocenters. The molecule has 0 aromatic heterocycles. The molecule has 2 unspecified atom stereocenters. The highest BCUT2D eigenvalue weighted by Crippen LogP contribution is 2.51. The predicted molar refractivity (Wildman–Crippen MR) is 76.6 cm³/mol. The Hall–Kier alpha value is -0.550. The zero-order chi connectivity index (χ0) is 13.9. The number of halogens is 1. The molecule has 2 aliphatic rings. The Morgan fingerprint density at radius 3 is 2.79 bits per heavy atom. The van der Waals surface area contributed by atoms with Crippen molar-refractivity contribution in [3.8, 4) is 6.07 Å². The molecule has 0 aromatic rings. The van der Waals surface area contributed by atoms with Crippen molar-refractivity contribution in [3.05, 3.63) is 0 Å². The maximum Gasteiger partial charge on any atom is 0.223 e. The molecule has 0 heterocycles. The SMILES string of the molecule is CCC[C@@H]1CC[C@@H]2CC(C#N)(CC(=O)Cl)CCC2C1. The molecular weight excluding hydrogens is 258 g/mol. The van der Waals surface area contributed by atoms with Gasteiger partial charge in [-0.15, -0.1) is 0 Å². The average molecular weight is 282 g/mol. The molecule has 0 aromatic carbocycles. The fraction of sp³-hybridized carbons (Fsp3) is 0.875. The molecule has 2 nitrogen and oxygen atoms in total. The number of hydrogen-bond donors (Lipinski definition) is 0. The molecule has 2 fully saturated rings. The van der Waals surface area contributed by atoms with E-state index in [9.17, 15) is 10.1 Å². The second-order valence-electron chi connectivity index (χ2n) is 6.65. The number of nitrogens with zero attached hydrogens (tertiary/aromatic N) is 1. The first-order valence-electron chi connectivity index (χ1n) is 7.68. The van der Waals surface area contributed by atoms with Crippen molar-refractivity contribution in [3.63, 3.8) is 0 Å². The van der Waals surface area contributed by atoms with Crippen LogP contribution >= 0.6 is 11.6 Å². The molecule has 106 valence electrons. The van der Waals surface area contributed by atoms with E-state index in [2.05, 4.69) is 13.0 Å². The summed E-state index contributed by atoms with van der Waals surface area (Å²) < 4.78 is 0. The van der Waals surface area contributed by atoms with E-state index >= 15 is 0 Å². The zero-order valence-corrected chi connectivity index (χ0v) is 12.6. The summed E-state index contributed by atoms with van der Waals surface area (Å²) in [5.74, 6) is 2.34. The van der Waals surface area contributed by atoms with Crippen LogP contribution in [0.25, 0.3) is 0 Å². The molecule has 0 aliphatic heterocycles. The molecular formula is C16H24ClNO. The standard InChI is InChI=1S/C16H24ClNO/c1-2-3-12-4-5-14-9-16(11-18,10-15(17)19)7-6-13(14)8-12/h12-14H,2-10H2,1H3/t12-,13?,14-,16?/m1/s1. The van der Waals surface area contributed by atoms with Crippen LogP contribution in [0.2, 0.25) is 0 Å². The average Bonchev–Trinajstić information content (AvgIpc) is 2.38. The number of hydrogen-bond acceptors (Lipinski definition) is 2. The Kier molecular flexibility index (Phi) is 4.90. The van der Waals surface area contributed by atoms with Crippen LogP contribution in [0.1, 0.15) is 64.7 Å². The summed E-state index contributed by atoms with van der Waals surface area (Å²) in [6.45, 7) is 2.26. The van der Waals surface area contributed by atoms with Gasteiger partial charge in [0.05, 0.1) is 11.5 Å². The van der Waals surface area contributed by atoms with E-state index in [1.54, 1.807) is 0 Å². The van der Waals surface area contributed by atoms with E-state index in [4.69, 9.17) is 11.6 Å². The van der Waals surface area contributed by atoms with Crippen molar-refractivity contribution in [1.29, 1.82) is 5.26 Å². The summed E-state index contributed by atoms with van der Waals surface area (Å²) in [5.41, 5.74) is -0.461. The third-order valence-corrected chi connectivity index (χ3v) is 5.44. The van der Waals surface area contributed by atoms with Crippen LogP contribution in [-0.2, 0) is 4.79 Å². The van der Waals surface area contributed by atoms with Gasteiger partial charge in [0, 0.05) is 6.42 Å². The Bertz CT molecular complexity index is 375.